The quantitative estimate of drug-likeness (QED) is 0.136. The summed E-state index contributed by atoms with van der Waals surface area (Å²) in [5, 5.41) is 17.0. The van der Waals surface area contributed by atoms with Gasteiger partial charge in [0.25, 0.3) is 11.2 Å². The predicted molar refractivity (Wildman–Crippen MR) is 147 cm³/mol. The Hall–Kier alpha value is -5.35. The van der Waals surface area contributed by atoms with Gasteiger partial charge >= 0.3 is 0 Å². The van der Waals surface area contributed by atoms with Crippen LogP contribution in [0.2, 0.25) is 5.02 Å². The molecule has 3 heterocycles. The van der Waals surface area contributed by atoms with E-state index >= 15 is 0 Å². The van der Waals surface area contributed by atoms with Crippen molar-refractivity contribution in [3.63, 3.8) is 0 Å². The summed E-state index contributed by atoms with van der Waals surface area (Å²) in [7, 11) is 0. The first-order valence-corrected chi connectivity index (χ1v) is 12.0. The summed E-state index contributed by atoms with van der Waals surface area (Å²) in [4.78, 5) is 32.4. The van der Waals surface area contributed by atoms with Gasteiger partial charge in [0.1, 0.15) is 17.5 Å². The Morgan fingerprint density at radius 1 is 1.03 bits per heavy atom. The molecule has 39 heavy (non-hydrogen) atoms. The smallest absolute Gasteiger partial charge is 0.287 e. The molecule has 6 aromatic rings. The van der Waals surface area contributed by atoms with Crippen molar-refractivity contribution in [3.8, 4) is 23.2 Å². The second-order valence-electron chi connectivity index (χ2n) is 8.39. The van der Waals surface area contributed by atoms with Crippen LogP contribution in [0.15, 0.2) is 105 Å². The van der Waals surface area contributed by atoms with Gasteiger partial charge in [-0.05, 0) is 54.1 Å². The molecule has 0 aliphatic carbocycles. The third-order valence-electron chi connectivity index (χ3n) is 5.79. The minimum Gasteiger partial charge on any atom is -0.453 e. The molecule has 0 fully saturated rings. The van der Waals surface area contributed by atoms with E-state index in [9.17, 15) is 14.9 Å². The molecule has 0 aliphatic rings. The van der Waals surface area contributed by atoms with Crippen LogP contribution in [0.5, 0.6) is 11.6 Å². The lowest BCUT2D eigenvalue weighted by atomic mass is 10.2. The lowest BCUT2D eigenvalue weighted by Crippen LogP contribution is -2.20. The molecule has 0 spiro atoms. The van der Waals surface area contributed by atoms with Gasteiger partial charge in [-0.3, -0.25) is 14.9 Å². The highest BCUT2D eigenvalue weighted by Gasteiger charge is 2.16. The van der Waals surface area contributed by atoms with Gasteiger partial charge in [0.2, 0.25) is 11.7 Å². The number of fused-ring (bicyclic) bond motifs is 2. The highest BCUT2D eigenvalue weighted by atomic mass is 35.5. The monoisotopic (exact) mass is 537 g/mol. The highest BCUT2D eigenvalue weighted by Crippen LogP contribution is 2.29. The molecule has 11 heteroatoms. The summed E-state index contributed by atoms with van der Waals surface area (Å²) in [5.74, 6) is 1.20. The van der Waals surface area contributed by atoms with Gasteiger partial charge in [-0.1, -0.05) is 35.9 Å². The van der Waals surface area contributed by atoms with Crippen LogP contribution in [0.1, 0.15) is 5.56 Å². The van der Waals surface area contributed by atoms with Gasteiger partial charge in [0, 0.05) is 22.5 Å². The highest BCUT2D eigenvalue weighted by molar-refractivity contribution is 6.31. The SMILES string of the molecule is O=c1c2ccccc2nc(-c2cc3cc(Cl)ccc3o2)n1N=Cc1cccc(Oc2ccc([N+](=O)[O-])cn2)c1. The number of nitrogens with zero attached hydrogens (tertiary/aromatic N) is 5. The van der Waals surface area contributed by atoms with Gasteiger partial charge in [-0.15, -0.1) is 0 Å². The molecule has 3 aromatic heterocycles. The van der Waals surface area contributed by atoms with Crippen molar-refractivity contribution in [2.45, 2.75) is 0 Å². The Labute approximate surface area is 224 Å². The number of halogens is 1. The third-order valence-corrected chi connectivity index (χ3v) is 6.02. The maximum absolute atomic E-state index is 13.5. The van der Waals surface area contributed by atoms with Gasteiger partial charge in [-0.2, -0.15) is 9.78 Å². The van der Waals surface area contributed by atoms with E-state index < -0.39 is 4.92 Å². The van der Waals surface area contributed by atoms with E-state index in [4.69, 9.17) is 20.8 Å². The molecular weight excluding hydrogens is 522 g/mol. The van der Waals surface area contributed by atoms with Crippen molar-refractivity contribution in [3.05, 3.63) is 122 Å². The molecular formula is C28H16ClN5O5. The topological polar surface area (TPSA) is 126 Å². The first kappa shape index (κ1) is 24.0. The fourth-order valence-corrected chi connectivity index (χ4v) is 4.14. The maximum Gasteiger partial charge on any atom is 0.287 e. The second-order valence-corrected chi connectivity index (χ2v) is 8.83. The van der Waals surface area contributed by atoms with Crippen LogP contribution in [0.3, 0.4) is 0 Å². The van der Waals surface area contributed by atoms with Crippen LogP contribution in [-0.4, -0.2) is 25.8 Å². The number of furan rings is 1. The number of ether oxygens (including phenoxy) is 1. The van der Waals surface area contributed by atoms with E-state index in [0.29, 0.717) is 38.6 Å². The number of aromatic nitrogens is 3. The number of pyridine rings is 1. The zero-order valence-electron chi connectivity index (χ0n) is 19.9. The van der Waals surface area contributed by atoms with Crippen molar-refractivity contribution in [1.29, 1.82) is 0 Å². The van der Waals surface area contributed by atoms with Gasteiger partial charge in [0.15, 0.2) is 5.76 Å². The van der Waals surface area contributed by atoms with E-state index in [1.54, 1.807) is 72.8 Å². The lowest BCUT2D eigenvalue weighted by Gasteiger charge is -2.08. The number of hydrogen-bond acceptors (Lipinski definition) is 8. The minimum absolute atomic E-state index is 0.138. The zero-order valence-corrected chi connectivity index (χ0v) is 20.6. The van der Waals surface area contributed by atoms with E-state index in [-0.39, 0.29) is 23.0 Å². The molecule has 0 radical (unpaired) electrons. The fraction of sp³-hybridized carbons (Fsp3) is 0. The molecule has 0 amide bonds. The summed E-state index contributed by atoms with van der Waals surface area (Å²) < 4.78 is 12.9. The Kier molecular flexibility index (Phi) is 6.06. The molecule has 10 nitrogen and oxygen atoms in total. The lowest BCUT2D eigenvalue weighted by molar-refractivity contribution is -0.385. The first-order chi connectivity index (χ1) is 18.9. The summed E-state index contributed by atoms with van der Waals surface area (Å²) in [6.45, 7) is 0. The Morgan fingerprint density at radius 3 is 2.72 bits per heavy atom. The zero-order chi connectivity index (χ0) is 26.9. The van der Waals surface area contributed by atoms with Gasteiger partial charge < -0.3 is 9.15 Å². The second kappa shape index (κ2) is 9.84. The number of para-hydroxylation sites is 1. The van der Waals surface area contributed by atoms with Crippen LogP contribution in [0.25, 0.3) is 33.5 Å². The summed E-state index contributed by atoms with van der Waals surface area (Å²) >= 11 is 6.13. The van der Waals surface area contributed by atoms with Crippen molar-refractivity contribution in [2.75, 3.05) is 0 Å². The van der Waals surface area contributed by atoms with Crippen LogP contribution in [0.4, 0.5) is 5.69 Å². The predicted octanol–water partition coefficient (Wildman–Crippen LogP) is 6.44. The molecule has 0 bridgehead atoms. The minimum atomic E-state index is -0.536. The van der Waals surface area contributed by atoms with Crippen molar-refractivity contribution >= 4 is 45.4 Å². The molecule has 0 aliphatic heterocycles. The normalized spacial score (nSPS) is 11.4. The molecule has 3 aromatic carbocycles. The molecule has 0 N–H and O–H groups in total. The summed E-state index contributed by atoms with van der Waals surface area (Å²) in [6, 6.07) is 23.6. The molecule has 0 saturated heterocycles. The summed E-state index contributed by atoms with van der Waals surface area (Å²) in [6.07, 6.45) is 2.62. The number of rotatable bonds is 6. The van der Waals surface area contributed by atoms with E-state index in [1.165, 1.54) is 23.0 Å². The van der Waals surface area contributed by atoms with E-state index in [2.05, 4.69) is 15.1 Å². The summed E-state index contributed by atoms with van der Waals surface area (Å²) in [5.41, 5.74) is 1.22. The molecule has 0 saturated carbocycles. The van der Waals surface area contributed by atoms with Crippen LogP contribution in [0, 0.1) is 10.1 Å². The number of benzene rings is 3. The van der Waals surface area contributed by atoms with Crippen molar-refractivity contribution in [2.24, 2.45) is 5.10 Å². The van der Waals surface area contributed by atoms with Crippen LogP contribution in [-0.2, 0) is 0 Å². The Balaban J connectivity index is 1.38. The largest absolute Gasteiger partial charge is 0.453 e. The van der Waals surface area contributed by atoms with Crippen LogP contribution < -0.4 is 10.3 Å². The van der Waals surface area contributed by atoms with Gasteiger partial charge in [-0.25, -0.2) is 9.97 Å². The van der Waals surface area contributed by atoms with Crippen molar-refractivity contribution in [1.82, 2.24) is 14.6 Å². The number of nitro groups is 1. The third kappa shape index (κ3) is 4.83. The average molecular weight is 538 g/mol. The van der Waals surface area contributed by atoms with Crippen LogP contribution >= 0.6 is 11.6 Å². The maximum atomic E-state index is 13.5. The van der Waals surface area contributed by atoms with Crippen molar-refractivity contribution < 1.29 is 14.1 Å². The number of hydrogen-bond donors (Lipinski definition) is 0. The Morgan fingerprint density at radius 2 is 1.90 bits per heavy atom. The molecule has 0 unspecified atom stereocenters. The first-order valence-electron chi connectivity index (χ1n) is 11.6. The Bertz CT molecular complexity index is 1960. The fourth-order valence-electron chi connectivity index (χ4n) is 3.96. The van der Waals surface area contributed by atoms with E-state index in [1.807, 2.05) is 0 Å². The van der Waals surface area contributed by atoms with E-state index in [0.717, 1.165) is 11.6 Å². The molecule has 0 atom stereocenters. The average Bonchev–Trinajstić information content (AvgIpc) is 3.36. The molecule has 190 valence electrons. The molecule has 6 rings (SSSR count). The standard InChI is InChI=1S/C28H16ClN5O5/c29-19-8-10-24-18(13-19)14-25(39-24)27-32-23-7-2-1-6-22(23)28(35)33(27)31-15-17-4-3-5-21(12-17)38-26-11-9-20(16-30-26)34(36)37/h1-16H. The van der Waals surface area contributed by atoms with Gasteiger partial charge in [0.05, 0.1) is 22.0 Å².